The van der Waals surface area contributed by atoms with Crippen LogP contribution in [0, 0.1) is 0 Å². The molecule has 0 aromatic carbocycles. The minimum Gasteiger partial charge on any atom is -0.379 e. The van der Waals surface area contributed by atoms with E-state index in [1.54, 1.807) is 13.3 Å². The zero-order valence-corrected chi connectivity index (χ0v) is 13.5. The van der Waals surface area contributed by atoms with Gasteiger partial charge in [0.25, 0.3) is 0 Å². The molecule has 0 spiro atoms. The predicted molar refractivity (Wildman–Crippen MR) is 80.3 cm³/mol. The molecule has 1 aliphatic rings. The van der Waals surface area contributed by atoms with E-state index < -0.39 is 0 Å². The molecule has 0 saturated carbocycles. The lowest BCUT2D eigenvalue weighted by atomic mass is 9.96. The molecule has 8 nitrogen and oxygen atoms in total. The van der Waals surface area contributed by atoms with Crippen LogP contribution in [0.3, 0.4) is 0 Å². The maximum atomic E-state index is 5.61. The standard InChI is InChI=1S/C14H23N7O/c1-14(2,3)13-16-12(18-19-13)8-21-6-9(11(7-21)22-4)10-5-15-20-17-10/h5,9,11H,6-8H2,1-4H3,(H,15,17,20)(H,16,18,19)/t9-,11+/m0/s1. The van der Waals surface area contributed by atoms with Gasteiger partial charge in [0.15, 0.2) is 5.82 Å². The number of aromatic amines is 2. The third-order valence-electron chi connectivity index (χ3n) is 4.03. The van der Waals surface area contributed by atoms with Crippen molar-refractivity contribution in [2.45, 2.75) is 44.8 Å². The summed E-state index contributed by atoms with van der Waals surface area (Å²) in [4.78, 5) is 6.91. The van der Waals surface area contributed by atoms with Gasteiger partial charge in [-0.2, -0.15) is 20.5 Å². The first-order valence-electron chi connectivity index (χ1n) is 7.50. The highest BCUT2D eigenvalue weighted by molar-refractivity contribution is 5.10. The molecule has 0 radical (unpaired) electrons. The minimum atomic E-state index is -0.0436. The van der Waals surface area contributed by atoms with Crippen LogP contribution >= 0.6 is 0 Å². The molecule has 2 aromatic rings. The number of nitrogens with one attached hydrogen (secondary N) is 2. The molecule has 1 saturated heterocycles. The number of likely N-dealkylation sites (tertiary alicyclic amines) is 1. The SMILES string of the molecule is CO[C@@H]1CN(Cc2nc(C(C)(C)C)n[nH]2)C[C@H]1c1cn[nH]n1. The van der Waals surface area contributed by atoms with Crippen molar-refractivity contribution in [2.75, 3.05) is 20.2 Å². The van der Waals surface area contributed by atoms with Crippen molar-refractivity contribution in [1.29, 1.82) is 0 Å². The maximum Gasteiger partial charge on any atom is 0.156 e. The van der Waals surface area contributed by atoms with Gasteiger partial charge < -0.3 is 4.74 Å². The predicted octanol–water partition coefficient (Wildman–Crippen LogP) is 0.835. The molecule has 2 aromatic heterocycles. The van der Waals surface area contributed by atoms with Gasteiger partial charge >= 0.3 is 0 Å². The van der Waals surface area contributed by atoms with Crippen LogP contribution in [0.2, 0.25) is 0 Å². The van der Waals surface area contributed by atoms with Crippen molar-refractivity contribution in [3.05, 3.63) is 23.5 Å². The lowest BCUT2D eigenvalue weighted by Crippen LogP contribution is -2.23. The Kier molecular flexibility index (Phi) is 3.96. The van der Waals surface area contributed by atoms with Gasteiger partial charge in [0, 0.05) is 31.5 Å². The molecule has 3 rings (SSSR count). The summed E-state index contributed by atoms with van der Waals surface area (Å²) in [6.07, 6.45) is 1.89. The Bertz CT molecular complexity index is 601. The quantitative estimate of drug-likeness (QED) is 0.869. The van der Waals surface area contributed by atoms with Crippen molar-refractivity contribution in [1.82, 2.24) is 35.5 Å². The summed E-state index contributed by atoms with van der Waals surface area (Å²) in [6, 6.07) is 0. The molecule has 2 atom stereocenters. The van der Waals surface area contributed by atoms with E-state index in [0.717, 1.165) is 37.0 Å². The van der Waals surface area contributed by atoms with Gasteiger partial charge in [-0.15, -0.1) is 0 Å². The number of hydrogen-bond donors (Lipinski definition) is 2. The van der Waals surface area contributed by atoms with Crippen LogP contribution in [0.5, 0.6) is 0 Å². The third-order valence-corrected chi connectivity index (χ3v) is 4.03. The van der Waals surface area contributed by atoms with Crippen LogP contribution in [-0.2, 0) is 16.7 Å². The Hall–Kier alpha value is -1.80. The van der Waals surface area contributed by atoms with Crippen LogP contribution in [-0.4, -0.2) is 61.8 Å². The molecule has 0 unspecified atom stereocenters. The normalized spacial score (nSPS) is 23.3. The molecular weight excluding hydrogens is 282 g/mol. The zero-order chi connectivity index (χ0) is 15.7. The van der Waals surface area contributed by atoms with Gasteiger partial charge in [-0.05, 0) is 0 Å². The molecule has 0 aliphatic carbocycles. The van der Waals surface area contributed by atoms with Crippen LogP contribution < -0.4 is 0 Å². The Labute approximate surface area is 129 Å². The lowest BCUT2D eigenvalue weighted by molar-refractivity contribution is 0.0955. The van der Waals surface area contributed by atoms with E-state index in [4.69, 9.17) is 4.74 Å². The van der Waals surface area contributed by atoms with Crippen molar-refractivity contribution in [3.8, 4) is 0 Å². The van der Waals surface area contributed by atoms with Crippen molar-refractivity contribution in [3.63, 3.8) is 0 Å². The second kappa shape index (κ2) is 5.77. The van der Waals surface area contributed by atoms with E-state index in [9.17, 15) is 0 Å². The van der Waals surface area contributed by atoms with E-state index in [1.807, 2.05) is 0 Å². The maximum absolute atomic E-state index is 5.61. The van der Waals surface area contributed by atoms with Crippen molar-refractivity contribution in [2.24, 2.45) is 0 Å². The second-order valence-corrected chi connectivity index (χ2v) is 6.83. The van der Waals surface area contributed by atoms with E-state index >= 15 is 0 Å². The summed E-state index contributed by atoms with van der Waals surface area (Å²) in [7, 11) is 1.74. The summed E-state index contributed by atoms with van der Waals surface area (Å²) < 4.78 is 5.61. The Morgan fingerprint density at radius 3 is 2.73 bits per heavy atom. The monoisotopic (exact) mass is 305 g/mol. The summed E-state index contributed by atoms with van der Waals surface area (Å²) in [5, 5.41) is 18.1. The number of rotatable bonds is 4. The summed E-state index contributed by atoms with van der Waals surface area (Å²) >= 11 is 0. The lowest BCUT2D eigenvalue weighted by Gasteiger charge is -2.14. The average Bonchev–Trinajstić information content (AvgIpc) is 3.17. The minimum absolute atomic E-state index is 0.0436. The Morgan fingerprint density at radius 1 is 1.32 bits per heavy atom. The van der Waals surface area contributed by atoms with Crippen LogP contribution in [0.25, 0.3) is 0 Å². The first-order valence-corrected chi connectivity index (χ1v) is 7.50. The fourth-order valence-corrected chi connectivity index (χ4v) is 2.81. The molecule has 0 bridgehead atoms. The van der Waals surface area contributed by atoms with Gasteiger partial charge in [-0.3, -0.25) is 10.00 Å². The third kappa shape index (κ3) is 3.02. The van der Waals surface area contributed by atoms with E-state index in [0.29, 0.717) is 0 Å². The van der Waals surface area contributed by atoms with Gasteiger partial charge in [-0.1, -0.05) is 20.8 Å². The van der Waals surface area contributed by atoms with Gasteiger partial charge in [0.05, 0.1) is 24.5 Å². The first-order chi connectivity index (χ1) is 10.5. The molecule has 22 heavy (non-hydrogen) atoms. The highest BCUT2D eigenvalue weighted by Gasteiger charge is 2.36. The Morgan fingerprint density at radius 2 is 2.14 bits per heavy atom. The molecular formula is C14H23N7O. The van der Waals surface area contributed by atoms with Crippen LogP contribution in [0.15, 0.2) is 6.20 Å². The van der Waals surface area contributed by atoms with E-state index in [1.165, 1.54) is 0 Å². The number of methoxy groups -OCH3 is 1. The topological polar surface area (TPSA) is 95.6 Å². The number of aromatic nitrogens is 6. The van der Waals surface area contributed by atoms with Gasteiger partial charge in [0.2, 0.25) is 0 Å². The van der Waals surface area contributed by atoms with Crippen LogP contribution in [0.4, 0.5) is 0 Å². The number of ether oxygens (including phenoxy) is 1. The molecule has 120 valence electrons. The summed E-state index contributed by atoms with van der Waals surface area (Å²) in [5.74, 6) is 1.97. The fraction of sp³-hybridized carbons (Fsp3) is 0.714. The largest absolute Gasteiger partial charge is 0.379 e. The summed E-state index contributed by atoms with van der Waals surface area (Å²) in [5.41, 5.74) is 0.903. The average molecular weight is 305 g/mol. The number of H-pyrrole nitrogens is 2. The van der Waals surface area contributed by atoms with E-state index in [-0.39, 0.29) is 17.4 Å². The highest BCUT2D eigenvalue weighted by atomic mass is 16.5. The molecule has 1 fully saturated rings. The van der Waals surface area contributed by atoms with Crippen molar-refractivity contribution >= 4 is 0 Å². The molecule has 0 amide bonds. The number of nitrogens with zero attached hydrogens (tertiary/aromatic N) is 5. The molecule has 1 aliphatic heterocycles. The van der Waals surface area contributed by atoms with Gasteiger partial charge in [-0.25, -0.2) is 4.98 Å². The molecule has 3 heterocycles. The fourth-order valence-electron chi connectivity index (χ4n) is 2.81. The highest BCUT2D eigenvalue weighted by Crippen LogP contribution is 2.28. The smallest absolute Gasteiger partial charge is 0.156 e. The van der Waals surface area contributed by atoms with Crippen molar-refractivity contribution < 1.29 is 4.74 Å². The summed E-state index contributed by atoms with van der Waals surface area (Å²) in [6.45, 7) is 8.78. The van der Waals surface area contributed by atoms with Crippen LogP contribution in [0.1, 0.15) is 44.0 Å². The van der Waals surface area contributed by atoms with Gasteiger partial charge in [0.1, 0.15) is 5.82 Å². The molecule has 2 N–H and O–H groups in total. The molecule has 8 heteroatoms. The first kappa shape index (κ1) is 15.1. The Balaban J connectivity index is 1.68. The second-order valence-electron chi connectivity index (χ2n) is 6.83. The van der Waals surface area contributed by atoms with E-state index in [2.05, 4.69) is 56.3 Å². The zero-order valence-electron chi connectivity index (χ0n) is 13.5. The number of hydrogen-bond acceptors (Lipinski definition) is 6.